The van der Waals surface area contributed by atoms with E-state index in [1.165, 1.54) is 7.11 Å². The van der Waals surface area contributed by atoms with E-state index in [4.69, 9.17) is 9.15 Å². The van der Waals surface area contributed by atoms with Gasteiger partial charge in [-0.05, 0) is 33.8 Å². The van der Waals surface area contributed by atoms with Gasteiger partial charge in [-0.25, -0.2) is 9.79 Å². The second kappa shape index (κ2) is 6.18. The molecule has 0 aliphatic rings. The van der Waals surface area contributed by atoms with Crippen molar-refractivity contribution in [1.82, 2.24) is 0 Å². The van der Waals surface area contributed by atoms with Crippen molar-refractivity contribution in [3.8, 4) is 11.3 Å². The van der Waals surface area contributed by atoms with Crippen molar-refractivity contribution in [2.75, 3.05) is 7.11 Å². The van der Waals surface area contributed by atoms with Gasteiger partial charge in [0.15, 0.2) is 0 Å². The molecule has 0 aliphatic carbocycles. The van der Waals surface area contributed by atoms with E-state index in [1.807, 2.05) is 52.0 Å². The van der Waals surface area contributed by atoms with Crippen molar-refractivity contribution in [2.45, 2.75) is 33.2 Å². The van der Waals surface area contributed by atoms with Crippen LogP contribution in [0.15, 0.2) is 45.8 Å². The van der Waals surface area contributed by atoms with Crippen molar-refractivity contribution in [3.05, 3.63) is 53.1 Å². The summed E-state index contributed by atoms with van der Waals surface area (Å²) in [6, 6.07) is 11.2. The van der Waals surface area contributed by atoms with E-state index < -0.39 is 5.97 Å². The molecule has 0 saturated carbocycles. The summed E-state index contributed by atoms with van der Waals surface area (Å²) in [7, 11) is 1.36. The quantitative estimate of drug-likeness (QED) is 0.794. The molecule has 4 heteroatoms. The van der Waals surface area contributed by atoms with E-state index in [9.17, 15) is 4.79 Å². The van der Waals surface area contributed by atoms with Gasteiger partial charge in [-0.1, -0.05) is 29.8 Å². The normalized spacial score (nSPS) is 12.3. The Bertz CT molecular complexity index is 734. The number of hydrogen-bond acceptors (Lipinski definition) is 4. The highest BCUT2D eigenvalue weighted by molar-refractivity contribution is 5.90. The fourth-order valence-corrected chi connectivity index (χ4v) is 1.97. The van der Waals surface area contributed by atoms with Crippen LogP contribution >= 0.6 is 0 Å². The third-order valence-corrected chi connectivity index (χ3v) is 2.98. The first-order valence-electron chi connectivity index (χ1n) is 7.15. The molecule has 0 unspecified atom stereocenters. The van der Waals surface area contributed by atoms with Gasteiger partial charge in [0.05, 0.1) is 18.2 Å². The van der Waals surface area contributed by atoms with Crippen LogP contribution in [0.2, 0.25) is 0 Å². The van der Waals surface area contributed by atoms with Gasteiger partial charge in [-0.3, -0.25) is 0 Å². The lowest BCUT2D eigenvalue weighted by Crippen LogP contribution is -2.18. The lowest BCUT2D eigenvalue weighted by atomic mass is 10.1. The zero-order valence-corrected chi connectivity index (χ0v) is 13.6. The molecule has 2 rings (SSSR count). The average molecular weight is 299 g/mol. The molecule has 0 bridgehead atoms. The van der Waals surface area contributed by atoms with E-state index in [2.05, 4.69) is 4.99 Å². The highest BCUT2D eigenvalue weighted by Crippen LogP contribution is 2.20. The molecule has 2 aromatic rings. The largest absolute Gasteiger partial charge is 0.465 e. The summed E-state index contributed by atoms with van der Waals surface area (Å²) in [6.45, 7) is 7.93. The molecule has 0 atom stereocenters. The number of ether oxygens (including phenoxy) is 1. The van der Waals surface area contributed by atoms with Crippen molar-refractivity contribution >= 4 is 5.97 Å². The van der Waals surface area contributed by atoms with Gasteiger partial charge in [-0.2, -0.15) is 0 Å². The maximum atomic E-state index is 11.9. The van der Waals surface area contributed by atoms with E-state index in [1.54, 1.807) is 12.1 Å². The smallest absolute Gasteiger partial charge is 0.338 e. The van der Waals surface area contributed by atoms with Crippen LogP contribution in [0.4, 0.5) is 0 Å². The summed E-state index contributed by atoms with van der Waals surface area (Å²) in [6.07, 6.45) is 0. The average Bonchev–Trinajstić information content (AvgIpc) is 2.45. The minimum absolute atomic E-state index is 0.303. The van der Waals surface area contributed by atoms with Crippen molar-refractivity contribution in [3.63, 3.8) is 0 Å². The van der Waals surface area contributed by atoms with Gasteiger partial charge in [0.2, 0.25) is 5.55 Å². The Morgan fingerprint density at radius 1 is 1.14 bits per heavy atom. The van der Waals surface area contributed by atoms with Gasteiger partial charge in [0.1, 0.15) is 5.76 Å². The third-order valence-electron chi connectivity index (χ3n) is 2.98. The second-order valence-corrected chi connectivity index (χ2v) is 6.19. The Hall–Kier alpha value is -2.36. The number of benzene rings is 1. The van der Waals surface area contributed by atoms with Gasteiger partial charge < -0.3 is 9.15 Å². The number of hydrogen-bond donors (Lipinski definition) is 0. The molecular weight excluding hydrogens is 278 g/mol. The maximum absolute atomic E-state index is 11.9. The molecule has 0 aliphatic heterocycles. The molecule has 0 N–H and O–H groups in total. The number of carbonyl (C=O) groups excluding carboxylic acids is 1. The number of aryl methyl sites for hydroxylation is 1. The number of esters is 1. The Balaban J connectivity index is 2.63. The lowest BCUT2D eigenvalue weighted by Gasteiger charge is -2.11. The molecule has 1 aromatic carbocycles. The Morgan fingerprint density at radius 3 is 2.32 bits per heavy atom. The van der Waals surface area contributed by atoms with Crippen LogP contribution in [0, 0.1) is 6.92 Å². The fraction of sp³-hybridized carbons (Fsp3) is 0.333. The van der Waals surface area contributed by atoms with Gasteiger partial charge >= 0.3 is 5.97 Å². The lowest BCUT2D eigenvalue weighted by molar-refractivity contribution is 0.0599. The minimum Gasteiger partial charge on any atom is -0.465 e. The summed E-state index contributed by atoms with van der Waals surface area (Å²) in [5.74, 6) is 0.181. The maximum Gasteiger partial charge on any atom is 0.338 e. The molecule has 0 amide bonds. The topological polar surface area (TPSA) is 51.8 Å². The molecule has 116 valence electrons. The van der Waals surface area contributed by atoms with Gasteiger partial charge in [-0.15, -0.1) is 0 Å². The zero-order valence-electron chi connectivity index (χ0n) is 13.6. The van der Waals surface area contributed by atoms with Crippen LogP contribution < -0.4 is 5.55 Å². The first-order chi connectivity index (χ1) is 10.3. The van der Waals surface area contributed by atoms with Crippen molar-refractivity contribution in [2.24, 2.45) is 4.99 Å². The highest BCUT2D eigenvalue weighted by Gasteiger charge is 2.13. The molecule has 0 saturated heterocycles. The zero-order chi connectivity index (χ0) is 16.3. The Labute approximate surface area is 130 Å². The number of rotatable bonds is 2. The van der Waals surface area contributed by atoms with Crippen LogP contribution in [0.3, 0.4) is 0 Å². The molecule has 22 heavy (non-hydrogen) atoms. The van der Waals surface area contributed by atoms with Crippen LogP contribution in [0.25, 0.3) is 11.3 Å². The predicted octanol–water partition coefficient (Wildman–Crippen LogP) is 3.74. The molecule has 0 radical (unpaired) electrons. The first-order valence-corrected chi connectivity index (χ1v) is 7.15. The van der Waals surface area contributed by atoms with Crippen LogP contribution in [0.1, 0.15) is 36.7 Å². The second-order valence-electron chi connectivity index (χ2n) is 6.19. The van der Waals surface area contributed by atoms with E-state index in [0.717, 1.165) is 11.1 Å². The van der Waals surface area contributed by atoms with Crippen molar-refractivity contribution in [1.29, 1.82) is 0 Å². The standard InChI is InChI=1S/C18H21NO3/c1-12-6-8-13(9-7-12)15-10-14(17(20)21-5)11-16(22-15)19-18(2,3)4/h6-11H,1-5H3. The van der Waals surface area contributed by atoms with Gasteiger partial charge in [0.25, 0.3) is 0 Å². The summed E-state index contributed by atoms with van der Waals surface area (Å²) < 4.78 is 10.6. The molecular formula is C18H21NO3. The number of nitrogens with zero attached hydrogens (tertiary/aromatic N) is 1. The molecule has 1 heterocycles. The summed E-state index contributed by atoms with van der Waals surface area (Å²) in [4.78, 5) is 16.4. The summed E-state index contributed by atoms with van der Waals surface area (Å²) in [5, 5.41) is 0. The molecule has 0 spiro atoms. The number of methoxy groups -OCH3 is 1. The summed E-state index contributed by atoms with van der Waals surface area (Å²) >= 11 is 0. The van der Waals surface area contributed by atoms with Crippen LogP contribution in [-0.2, 0) is 4.74 Å². The summed E-state index contributed by atoms with van der Waals surface area (Å²) in [5.41, 5.74) is 2.58. The van der Waals surface area contributed by atoms with Crippen molar-refractivity contribution < 1.29 is 13.9 Å². The molecule has 1 aromatic heterocycles. The van der Waals surface area contributed by atoms with Gasteiger partial charge in [0, 0.05) is 11.6 Å². The van der Waals surface area contributed by atoms with E-state index in [0.29, 0.717) is 16.9 Å². The minimum atomic E-state index is -0.408. The highest BCUT2D eigenvalue weighted by atomic mass is 16.5. The van der Waals surface area contributed by atoms with Crippen LogP contribution in [-0.4, -0.2) is 18.6 Å². The molecule has 0 fully saturated rings. The number of carbonyl (C=O) groups is 1. The SMILES string of the molecule is COC(=O)c1cc(-c2ccc(C)cc2)oc(=NC(C)(C)C)c1. The Kier molecular flexibility index (Phi) is 4.50. The third kappa shape index (κ3) is 4.07. The van der Waals surface area contributed by atoms with E-state index >= 15 is 0 Å². The van der Waals surface area contributed by atoms with E-state index in [-0.39, 0.29) is 5.54 Å². The predicted molar refractivity (Wildman–Crippen MR) is 85.5 cm³/mol. The van der Waals surface area contributed by atoms with Crippen LogP contribution in [0.5, 0.6) is 0 Å². The monoisotopic (exact) mass is 299 g/mol. The first kappa shape index (κ1) is 16.0. The molecule has 4 nitrogen and oxygen atoms in total. The fourth-order valence-electron chi connectivity index (χ4n) is 1.97. The Morgan fingerprint density at radius 2 is 1.77 bits per heavy atom.